The van der Waals surface area contributed by atoms with Gasteiger partial charge in [0.1, 0.15) is 0 Å². The molecule has 1 aliphatic heterocycles. The van der Waals surface area contributed by atoms with E-state index in [0.29, 0.717) is 0 Å². The Morgan fingerprint density at radius 3 is 2.18 bits per heavy atom. The summed E-state index contributed by atoms with van der Waals surface area (Å²) in [6.45, 7) is 3.23. The molecule has 0 aromatic carbocycles. The minimum Gasteiger partial charge on any atom is -0.467 e. The molecule has 7 heteroatoms. The summed E-state index contributed by atoms with van der Waals surface area (Å²) in [5.74, 6) is -2.18. The van der Waals surface area contributed by atoms with Crippen LogP contribution < -0.4 is 0 Å². The number of ether oxygens (including phenoxy) is 3. The highest BCUT2D eigenvalue weighted by Crippen LogP contribution is 2.29. The van der Waals surface area contributed by atoms with Gasteiger partial charge in [-0.2, -0.15) is 0 Å². The molecule has 0 radical (unpaired) electrons. The lowest BCUT2D eigenvalue weighted by Crippen LogP contribution is -2.44. The second-order valence-corrected chi connectivity index (χ2v) is 4.02. The van der Waals surface area contributed by atoms with Crippen molar-refractivity contribution >= 4 is 11.9 Å². The molecule has 1 amide bonds. The zero-order valence-corrected chi connectivity index (χ0v) is 10.6. The third-order valence-corrected chi connectivity index (χ3v) is 2.36. The van der Waals surface area contributed by atoms with Gasteiger partial charge in [0.2, 0.25) is 0 Å². The zero-order valence-electron chi connectivity index (χ0n) is 10.6. The highest BCUT2D eigenvalue weighted by molar-refractivity contribution is 5.88. The number of esters is 1. The van der Waals surface area contributed by atoms with E-state index in [1.54, 1.807) is 13.8 Å². The van der Waals surface area contributed by atoms with Crippen molar-refractivity contribution in [3.05, 3.63) is 0 Å². The molecule has 0 aromatic rings. The van der Waals surface area contributed by atoms with Crippen molar-refractivity contribution in [1.29, 1.82) is 0 Å². The molecule has 2 unspecified atom stereocenters. The van der Waals surface area contributed by atoms with Crippen LogP contribution in [0.1, 0.15) is 13.8 Å². The van der Waals surface area contributed by atoms with E-state index in [2.05, 4.69) is 4.74 Å². The Morgan fingerprint density at radius 2 is 1.71 bits per heavy atom. The zero-order chi connectivity index (χ0) is 13.2. The van der Waals surface area contributed by atoms with Gasteiger partial charge in [-0.25, -0.2) is 9.86 Å². The van der Waals surface area contributed by atoms with Crippen LogP contribution in [0.3, 0.4) is 0 Å². The Kier molecular flexibility index (Phi) is 4.07. The number of hydrogen-bond donors (Lipinski definition) is 0. The smallest absolute Gasteiger partial charge is 0.338 e. The Labute approximate surface area is 99.5 Å². The molecule has 0 bridgehead atoms. The van der Waals surface area contributed by atoms with Gasteiger partial charge in [0.15, 0.2) is 18.0 Å². The van der Waals surface area contributed by atoms with Crippen molar-refractivity contribution in [3.63, 3.8) is 0 Å². The Bertz CT molecular complexity index is 316. The van der Waals surface area contributed by atoms with Gasteiger partial charge in [0.25, 0.3) is 5.91 Å². The predicted molar refractivity (Wildman–Crippen MR) is 55.6 cm³/mol. The van der Waals surface area contributed by atoms with Crippen LogP contribution in [0.4, 0.5) is 0 Å². The van der Waals surface area contributed by atoms with Crippen LogP contribution in [0.15, 0.2) is 0 Å². The molecule has 1 aliphatic rings. The first-order valence-corrected chi connectivity index (χ1v) is 5.07. The van der Waals surface area contributed by atoms with Crippen LogP contribution in [0.5, 0.6) is 0 Å². The maximum Gasteiger partial charge on any atom is 0.338 e. The van der Waals surface area contributed by atoms with Crippen LogP contribution >= 0.6 is 0 Å². The fraction of sp³-hybridized carbons (Fsp3) is 0.800. The van der Waals surface area contributed by atoms with E-state index < -0.39 is 29.9 Å². The van der Waals surface area contributed by atoms with Crippen molar-refractivity contribution in [3.8, 4) is 0 Å². The minimum absolute atomic E-state index is 0.506. The van der Waals surface area contributed by atoms with Gasteiger partial charge in [-0.3, -0.25) is 9.63 Å². The topological polar surface area (TPSA) is 74.3 Å². The lowest BCUT2D eigenvalue weighted by atomic mass is 10.2. The van der Waals surface area contributed by atoms with E-state index >= 15 is 0 Å². The van der Waals surface area contributed by atoms with Crippen LogP contribution in [-0.2, 0) is 28.6 Å². The number of hydrogen-bond acceptors (Lipinski definition) is 6. The summed E-state index contributed by atoms with van der Waals surface area (Å²) in [6.07, 6.45) is -2.15. The third-order valence-electron chi connectivity index (χ3n) is 2.36. The summed E-state index contributed by atoms with van der Waals surface area (Å²) in [5, 5.41) is 0.978. The first-order valence-electron chi connectivity index (χ1n) is 5.07. The molecule has 98 valence electrons. The first-order chi connectivity index (χ1) is 7.82. The highest BCUT2D eigenvalue weighted by Gasteiger charge is 2.50. The third kappa shape index (κ3) is 2.93. The molecule has 0 saturated carbocycles. The highest BCUT2D eigenvalue weighted by atomic mass is 16.8. The Balaban J connectivity index is 2.88. The fourth-order valence-corrected chi connectivity index (χ4v) is 1.50. The molecule has 2 atom stereocenters. The van der Waals surface area contributed by atoms with Gasteiger partial charge in [0, 0.05) is 7.05 Å². The van der Waals surface area contributed by atoms with E-state index in [9.17, 15) is 9.59 Å². The SMILES string of the molecule is COC(=O)C1OC(C)(C)OC1C(=O)N(C)OC. The van der Waals surface area contributed by atoms with Gasteiger partial charge in [0.05, 0.1) is 14.2 Å². The van der Waals surface area contributed by atoms with Crippen molar-refractivity contribution < 1.29 is 28.6 Å². The summed E-state index contributed by atoms with van der Waals surface area (Å²) < 4.78 is 15.3. The first kappa shape index (κ1) is 13.9. The van der Waals surface area contributed by atoms with Gasteiger partial charge >= 0.3 is 5.97 Å². The van der Waals surface area contributed by atoms with E-state index in [-0.39, 0.29) is 0 Å². The van der Waals surface area contributed by atoms with Crippen LogP contribution in [0.25, 0.3) is 0 Å². The molecule has 0 spiro atoms. The minimum atomic E-state index is -1.08. The van der Waals surface area contributed by atoms with E-state index in [1.165, 1.54) is 21.3 Å². The molecule has 1 fully saturated rings. The van der Waals surface area contributed by atoms with Gasteiger partial charge in [-0.15, -0.1) is 0 Å². The van der Waals surface area contributed by atoms with Crippen molar-refractivity contribution in [2.75, 3.05) is 21.3 Å². The molecule has 17 heavy (non-hydrogen) atoms. The van der Waals surface area contributed by atoms with Crippen molar-refractivity contribution in [1.82, 2.24) is 5.06 Å². The summed E-state index contributed by atoms with van der Waals surface area (Å²) >= 11 is 0. The molecular weight excluding hydrogens is 230 g/mol. The molecule has 0 aromatic heterocycles. The summed E-state index contributed by atoms with van der Waals surface area (Å²) in [5.41, 5.74) is 0. The number of hydroxylamine groups is 2. The second-order valence-electron chi connectivity index (χ2n) is 4.02. The summed E-state index contributed by atoms with van der Waals surface area (Å²) in [4.78, 5) is 28.1. The van der Waals surface area contributed by atoms with Crippen LogP contribution in [0, 0.1) is 0 Å². The summed E-state index contributed by atoms with van der Waals surface area (Å²) in [7, 11) is 3.98. The molecule has 1 heterocycles. The maximum atomic E-state index is 11.9. The fourth-order valence-electron chi connectivity index (χ4n) is 1.50. The van der Waals surface area contributed by atoms with Gasteiger partial charge in [-0.1, -0.05) is 0 Å². The monoisotopic (exact) mass is 247 g/mol. The molecule has 7 nitrogen and oxygen atoms in total. The molecule has 0 aliphatic carbocycles. The van der Waals surface area contributed by atoms with Crippen LogP contribution in [0.2, 0.25) is 0 Å². The largest absolute Gasteiger partial charge is 0.467 e. The standard InChI is InChI=1S/C10H17NO6/c1-10(2)16-6(8(12)11(3)15-5)7(17-10)9(13)14-4/h6-7H,1-5H3. The maximum absolute atomic E-state index is 11.9. The number of methoxy groups -OCH3 is 1. The number of carbonyl (C=O) groups is 2. The number of likely N-dealkylation sites (N-methyl/N-ethyl adjacent to an activating group) is 1. The lowest BCUT2D eigenvalue weighted by Gasteiger charge is -2.20. The molecule has 1 rings (SSSR count). The quantitative estimate of drug-likeness (QED) is 0.503. The average Bonchev–Trinajstić information content (AvgIpc) is 2.62. The van der Waals surface area contributed by atoms with E-state index in [0.717, 1.165) is 5.06 Å². The molecule has 1 saturated heterocycles. The van der Waals surface area contributed by atoms with Crippen LogP contribution in [-0.4, -0.2) is 56.2 Å². The number of rotatable bonds is 3. The van der Waals surface area contributed by atoms with Gasteiger partial charge in [-0.05, 0) is 13.8 Å². The van der Waals surface area contributed by atoms with Crippen molar-refractivity contribution in [2.45, 2.75) is 31.8 Å². The Hall–Kier alpha value is -1.18. The lowest BCUT2D eigenvalue weighted by molar-refractivity contribution is -0.187. The average molecular weight is 247 g/mol. The second kappa shape index (κ2) is 4.99. The van der Waals surface area contributed by atoms with E-state index in [4.69, 9.17) is 14.3 Å². The molecule has 0 N–H and O–H groups in total. The number of carbonyl (C=O) groups excluding carboxylic acids is 2. The Morgan fingerprint density at radius 1 is 1.18 bits per heavy atom. The normalized spacial score (nSPS) is 26.6. The van der Waals surface area contributed by atoms with E-state index in [1.807, 2.05) is 0 Å². The molecular formula is C10H17NO6. The number of amides is 1. The van der Waals surface area contributed by atoms with Gasteiger partial charge < -0.3 is 14.2 Å². The van der Waals surface area contributed by atoms with Crippen molar-refractivity contribution in [2.24, 2.45) is 0 Å². The number of nitrogens with zero attached hydrogens (tertiary/aromatic N) is 1. The predicted octanol–water partition coefficient (Wildman–Crippen LogP) is -0.301. The summed E-state index contributed by atoms with van der Waals surface area (Å²) in [6, 6.07) is 0.